The molecule has 0 spiro atoms. The third-order valence-corrected chi connectivity index (χ3v) is 5.02. The zero-order valence-corrected chi connectivity index (χ0v) is 11.1. The highest BCUT2D eigenvalue weighted by atomic mass is 32.2. The number of sulfonamides is 1. The number of nitrogens with one attached hydrogen (secondary N) is 1. The highest BCUT2D eigenvalue weighted by molar-refractivity contribution is 7.92. The lowest BCUT2D eigenvalue weighted by Crippen LogP contribution is -2.28. The molecule has 3 rings (SSSR count). The van der Waals surface area contributed by atoms with Gasteiger partial charge in [0.2, 0.25) is 0 Å². The van der Waals surface area contributed by atoms with E-state index >= 15 is 0 Å². The molecule has 1 aromatic heterocycles. The van der Waals surface area contributed by atoms with E-state index < -0.39 is 16.0 Å². The number of aromatic carboxylic acids is 1. The number of carboxylic acid groups (broad SMARTS) is 1. The Morgan fingerprint density at radius 1 is 1.40 bits per heavy atom. The van der Waals surface area contributed by atoms with E-state index in [1.54, 1.807) is 0 Å². The molecule has 0 aliphatic carbocycles. The highest BCUT2D eigenvalue weighted by Gasteiger charge is 2.31. The summed E-state index contributed by atoms with van der Waals surface area (Å²) in [7, 11) is -3.65. The van der Waals surface area contributed by atoms with Crippen LogP contribution in [0.15, 0.2) is 35.5 Å². The van der Waals surface area contributed by atoms with E-state index in [1.807, 2.05) is 0 Å². The van der Waals surface area contributed by atoms with Gasteiger partial charge in [-0.1, -0.05) is 0 Å². The largest absolute Gasteiger partial charge is 0.478 e. The Balaban J connectivity index is 2.04. The smallest absolute Gasteiger partial charge is 0.335 e. The first-order valence-electron chi connectivity index (χ1n) is 5.88. The minimum Gasteiger partial charge on any atom is -0.478 e. The molecule has 0 amide bonds. The van der Waals surface area contributed by atoms with Crippen LogP contribution in [-0.2, 0) is 16.4 Å². The second-order valence-corrected chi connectivity index (χ2v) is 6.27. The topological polar surface area (TPSA) is 103 Å². The van der Waals surface area contributed by atoms with E-state index in [0.29, 0.717) is 18.7 Å². The second kappa shape index (κ2) is 4.34. The SMILES string of the molecule is O=C(O)c1ccc2c(c1)CCN2S(=O)(=O)c1cn[nH]c1. The van der Waals surface area contributed by atoms with E-state index in [0.717, 1.165) is 5.56 Å². The number of carboxylic acids is 1. The molecule has 0 radical (unpaired) electrons. The average Bonchev–Trinajstić information content (AvgIpc) is 3.07. The van der Waals surface area contributed by atoms with Crippen LogP contribution in [0.3, 0.4) is 0 Å². The Labute approximate surface area is 114 Å². The van der Waals surface area contributed by atoms with Crippen LogP contribution >= 0.6 is 0 Å². The molecule has 104 valence electrons. The van der Waals surface area contributed by atoms with Crippen molar-refractivity contribution in [3.63, 3.8) is 0 Å². The van der Waals surface area contributed by atoms with Crippen molar-refractivity contribution >= 4 is 21.7 Å². The molecule has 7 nitrogen and oxygen atoms in total. The van der Waals surface area contributed by atoms with E-state index in [-0.39, 0.29) is 10.5 Å². The van der Waals surface area contributed by atoms with Gasteiger partial charge in [0.15, 0.2) is 0 Å². The maximum absolute atomic E-state index is 12.4. The zero-order chi connectivity index (χ0) is 14.3. The van der Waals surface area contributed by atoms with Crippen LogP contribution in [0.5, 0.6) is 0 Å². The molecule has 2 aromatic rings. The summed E-state index contributed by atoms with van der Waals surface area (Å²) in [5.41, 5.74) is 1.40. The molecule has 0 bridgehead atoms. The number of hydrogen-bond donors (Lipinski definition) is 2. The summed E-state index contributed by atoms with van der Waals surface area (Å²) in [6.45, 7) is 0.298. The summed E-state index contributed by atoms with van der Waals surface area (Å²) in [4.78, 5) is 11.0. The summed E-state index contributed by atoms with van der Waals surface area (Å²) in [5.74, 6) is -1.02. The van der Waals surface area contributed by atoms with Crippen LogP contribution in [0.2, 0.25) is 0 Å². The van der Waals surface area contributed by atoms with E-state index in [4.69, 9.17) is 5.11 Å². The molecule has 1 aliphatic rings. The summed E-state index contributed by atoms with van der Waals surface area (Å²) in [6.07, 6.45) is 3.06. The minimum absolute atomic E-state index is 0.0904. The molecule has 2 N–H and O–H groups in total. The van der Waals surface area contributed by atoms with Gasteiger partial charge in [-0.15, -0.1) is 0 Å². The van der Waals surface area contributed by atoms with Gasteiger partial charge in [0.05, 0.1) is 17.4 Å². The minimum atomic E-state index is -3.65. The molecule has 20 heavy (non-hydrogen) atoms. The standard InChI is InChI=1S/C12H11N3O4S/c16-12(17)9-1-2-11-8(5-9)3-4-15(11)20(18,19)10-6-13-14-7-10/h1-2,5-7H,3-4H2,(H,13,14)(H,16,17). The van der Waals surface area contributed by atoms with Crippen molar-refractivity contribution in [3.8, 4) is 0 Å². The quantitative estimate of drug-likeness (QED) is 0.873. The van der Waals surface area contributed by atoms with Gasteiger partial charge in [0.25, 0.3) is 10.0 Å². The van der Waals surface area contributed by atoms with Gasteiger partial charge in [-0.25, -0.2) is 13.2 Å². The van der Waals surface area contributed by atoms with Crippen molar-refractivity contribution in [1.82, 2.24) is 10.2 Å². The maximum Gasteiger partial charge on any atom is 0.335 e. The Hall–Kier alpha value is -2.35. The van der Waals surface area contributed by atoms with Crippen molar-refractivity contribution < 1.29 is 18.3 Å². The van der Waals surface area contributed by atoms with Crippen molar-refractivity contribution in [2.75, 3.05) is 10.8 Å². The summed E-state index contributed by atoms with van der Waals surface area (Å²) < 4.78 is 26.1. The lowest BCUT2D eigenvalue weighted by atomic mass is 10.1. The molecule has 1 aliphatic heterocycles. The number of aromatic nitrogens is 2. The summed E-state index contributed by atoms with van der Waals surface area (Å²) in [6, 6.07) is 4.45. The number of anilines is 1. The Kier molecular flexibility index (Phi) is 2.75. The van der Waals surface area contributed by atoms with Crippen LogP contribution < -0.4 is 4.31 Å². The Bertz CT molecular complexity index is 768. The van der Waals surface area contributed by atoms with E-state index in [9.17, 15) is 13.2 Å². The van der Waals surface area contributed by atoms with Gasteiger partial charge < -0.3 is 5.11 Å². The summed E-state index contributed by atoms with van der Waals surface area (Å²) in [5, 5.41) is 15.1. The predicted octanol–water partition coefficient (Wildman–Crippen LogP) is 0.859. The van der Waals surface area contributed by atoms with Crippen molar-refractivity contribution in [3.05, 3.63) is 41.7 Å². The molecule has 2 heterocycles. The molecule has 0 fully saturated rings. The van der Waals surface area contributed by atoms with Crippen molar-refractivity contribution in [1.29, 1.82) is 0 Å². The first-order chi connectivity index (χ1) is 9.50. The number of aromatic amines is 1. The Morgan fingerprint density at radius 3 is 2.85 bits per heavy atom. The van der Waals surface area contributed by atoms with Crippen molar-refractivity contribution in [2.24, 2.45) is 0 Å². The first kappa shape index (κ1) is 12.7. The summed E-state index contributed by atoms with van der Waals surface area (Å²) >= 11 is 0. The third-order valence-electron chi connectivity index (χ3n) is 3.24. The molecule has 0 saturated carbocycles. The number of benzene rings is 1. The first-order valence-corrected chi connectivity index (χ1v) is 7.32. The van der Waals surface area contributed by atoms with Gasteiger partial charge in [0, 0.05) is 12.7 Å². The molecular formula is C12H11N3O4S. The van der Waals surface area contributed by atoms with Crippen LogP contribution in [0.1, 0.15) is 15.9 Å². The zero-order valence-electron chi connectivity index (χ0n) is 10.3. The van der Waals surface area contributed by atoms with Gasteiger partial charge >= 0.3 is 5.97 Å². The molecule has 0 saturated heterocycles. The Morgan fingerprint density at radius 2 is 2.20 bits per heavy atom. The van der Waals surface area contributed by atoms with Crippen LogP contribution in [0.4, 0.5) is 5.69 Å². The number of carbonyl (C=O) groups is 1. The third kappa shape index (κ3) is 1.85. The molecule has 0 unspecified atom stereocenters. The molecule has 0 atom stereocenters. The van der Waals surface area contributed by atoms with E-state index in [2.05, 4.69) is 10.2 Å². The second-order valence-electron chi connectivity index (χ2n) is 4.41. The van der Waals surface area contributed by atoms with Gasteiger partial charge in [-0.05, 0) is 30.2 Å². The van der Waals surface area contributed by atoms with Crippen LogP contribution in [0.25, 0.3) is 0 Å². The molecular weight excluding hydrogens is 282 g/mol. The fourth-order valence-electron chi connectivity index (χ4n) is 2.26. The van der Waals surface area contributed by atoms with Crippen molar-refractivity contribution in [2.45, 2.75) is 11.3 Å². The predicted molar refractivity (Wildman–Crippen MR) is 70.2 cm³/mol. The monoisotopic (exact) mass is 293 g/mol. The molecule has 1 aromatic carbocycles. The maximum atomic E-state index is 12.4. The normalized spacial score (nSPS) is 14.3. The molecule has 8 heteroatoms. The van der Waals surface area contributed by atoms with Gasteiger partial charge in [-0.2, -0.15) is 5.10 Å². The lowest BCUT2D eigenvalue weighted by Gasteiger charge is -2.18. The average molecular weight is 293 g/mol. The number of fused-ring (bicyclic) bond motifs is 1. The highest BCUT2D eigenvalue weighted by Crippen LogP contribution is 2.33. The van der Waals surface area contributed by atoms with E-state index in [1.165, 1.54) is 34.9 Å². The lowest BCUT2D eigenvalue weighted by molar-refractivity contribution is 0.0697. The fraction of sp³-hybridized carbons (Fsp3) is 0.167. The van der Waals surface area contributed by atoms with Crippen LogP contribution in [0, 0.1) is 0 Å². The number of nitrogens with zero attached hydrogens (tertiary/aromatic N) is 2. The number of H-pyrrole nitrogens is 1. The number of rotatable bonds is 3. The van der Waals surface area contributed by atoms with Gasteiger partial charge in [0.1, 0.15) is 4.90 Å². The number of hydrogen-bond acceptors (Lipinski definition) is 4. The van der Waals surface area contributed by atoms with Gasteiger partial charge in [-0.3, -0.25) is 9.40 Å². The fourth-order valence-corrected chi connectivity index (χ4v) is 3.67. The van der Waals surface area contributed by atoms with Crippen LogP contribution in [-0.4, -0.2) is 36.2 Å².